The lowest BCUT2D eigenvalue weighted by atomic mass is 9.89. The van der Waals surface area contributed by atoms with Gasteiger partial charge < -0.3 is 21.7 Å². The van der Waals surface area contributed by atoms with E-state index in [-0.39, 0.29) is 11.4 Å². The van der Waals surface area contributed by atoms with Gasteiger partial charge >= 0.3 is 0 Å². The van der Waals surface area contributed by atoms with Gasteiger partial charge in [-0.15, -0.1) is 0 Å². The van der Waals surface area contributed by atoms with E-state index in [2.05, 4.69) is 23.8 Å². The molecule has 1 atom stereocenters. The van der Waals surface area contributed by atoms with Crippen LogP contribution in [0.1, 0.15) is 18.9 Å². The van der Waals surface area contributed by atoms with Crippen molar-refractivity contribution in [3.8, 4) is 0 Å². The normalized spacial score (nSPS) is 20.3. The smallest absolute Gasteiger partial charge is 0.255 e. The number of carbonyl (C=O) groups excluding carboxylic acids is 1. The zero-order valence-electron chi connectivity index (χ0n) is 16.0. The van der Waals surface area contributed by atoms with Crippen molar-refractivity contribution in [3.05, 3.63) is 66.0 Å². The highest BCUT2D eigenvalue weighted by Gasteiger charge is 2.29. The van der Waals surface area contributed by atoms with Crippen molar-refractivity contribution in [1.82, 2.24) is 4.90 Å². The van der Waals surface area contributed by atoms with Crippen LogP contribution in [0.2, 0.25) is 0 Å². The Bertz CT molecular complexity index is 812. The molecule has 1 aromatic rings. The zero-order valence-corrected chi connectivity index (χ0v) is 16.8. The number of hydrogen-bond donors (Lipinski definition) is 3. The molecule has 0 saturated heterocycles. The van der Waals surface area contributed by atoms with E-state index in [1.54, 1.807) is 23.9 Å². The lowest BCUT2D eigenvalue weighted by Gasteiger charge is -2.30. The Hall–Kier alpha value is -2.67. The van der Waals surface area contributed by atoms with Crippen molar-refractivity contribution < 1.29 is 4.79 Å². The number of thioether (sulfide) groups is 1. The summed E-state index contributed by atoms with van der Waals surface area (Å²) in [6.45, 7) is 5.89. The minimum Gasteiger partial charge on any atom is -0.403 e. The molecule has 144 valence electrons. The van der Waals surface area contributed by atoms with Crippen molar-refractivity contribution in [1.29, 1.82) is 0 Å². The molecule has 0 aliphatic carbocycles. The second kappa shape index (κ2) is 8.81. The lowest BCUT2D eigenvalue weighted by molar-refractivity contribution is -0.112. The van der Waals surface area contributed by atoms with E-state index in [1.165, 1.54) is 6.20 Å². The number of benzene rings is 1. The molecule has 0 saturated carbocycles. The maximum atomic E-state index is 12.4. The summed E-state index contributed by atoms with van der Waals surface area (Å²) < 4.78 is 0. The number of aliphatic imine (C=N–C) groups is 1. The molecule has 1 amide bonds. The molecule has 7 heteroatoms. The Morgan fingerprint density at radius 3 is 2.78 bits per heavy atom. The Morgan fingerprint density at radius 2 is 2.15 bits per heavy atom. The third kappa shape index (κ3) is 5.40. The van der Waals surface area contributed by atoms with Crippen molar-refractivity contribution >= 4 is 28.5 Å². The maximum Gasteiger partial charge on any atom is 0.255 e. The molecule has 1 aliphatic heterocycles. The van der Waals surface area contributed by atoms with E-state index in [0.29, 0.717) is 16.4 Å². The first-order valence-electron chi connectivity index (χ1n) is 8.61. The number of anilines is 1. The van der Waals surface area contributed by atoms with Crippen LogP contribution in [0.4, 0.5) is 5.69 Å². The Morgan fingerprint density at radius 1 is 1.41 bits per heavy atom. The summed E-state index contributed by atoms with van der Waals surface area (Å²) in [4.78, 5) is 18.9. The number of likely N-dealkylation sites (N-methyl/N-ethyl adjacent to an activating group) is 1. The van der Waals surface area contributed by atoms with E-state index in [9.17, 15) is 4.79 Å². The number of amidine groups is 1. The van der Waals surface area contributed by atoms with Crippen LogP contribution in [0.25, 0.3) is 0 Å². The van der Waals surface area contributed by atoms with Crippen molar-refractivity contribution in [2.75, 3.05) is 25.2 Å². The molecule has 6 nitrogen and oxygen atoms in total. The molecule has 1 unspecified atom stereocenters. The van der Waals surface area contributed by atoms with Crippen LogP contribution in [0.15, 0.2) is 65.5 Å². The SMILES string of the molecule is C=C(/C=C\C(=C/N)N(C)C)C(=O)Nc1cccc(C2(C)CCSC(N)=N2)c1. The van der Waals surface area contributed by atoms with Crippen LogP contribution in [-0.4, -0.2) is 35.8 Å². The highest BCUT2D eigenvalue weighted by atomic mass is 32.2. The van der Waals surface area contributed by atoms with E-state index >= 15 is 0 Å². The molecule has 0 aromatic heterocycles. The molecule has 1 aliphatic rings. The fraction of sp³-hybridized carbons (Fsp3) is 0.300. The summed E-state index contributed by atoms with van der Waals surface area (Å²) in [5.41, 5.74) is 13.9. The molecule has 27 heavy (non-hydrogen) atoms. The Labute approximate surface area is 165 Å². The van der Waals surface area contributed by atoms with E-state index < -0.39 is 0 Å². The van der Waals surface area contributed by atoms with Gasteiger partial charge in [0, 0.05) is 37.3 Å². The van der Waals surface area contributed by atoms with Gasteiger partial charge in [-0.1, -0.05) is 30.5 Å². The van der Waals surface area contributed by atoms with Crippen LogP contribution < -0.4 is 16.8 Å². The standard InChI is InChI=1S/C20H27N5OS/c1-14(8-9-17(13-21)25(3)4)18(26)23-16-7-5-6-15(12-16)20(2)10-11-27-19(22)24-20/h5-9,12-13H,1,10-11,21H2,2-4H3,(H2,22,24)(H,23,26)/b9-8-,17-13+. The Balaban J connectivity index is 2.12. The molecule has 0 fully saturated rings. The second-order valence-corrected chi connectivity index (χ2v) is 7.82. The van der Waals surface area contributed by atoms with Crippen LogP contribution in [0.3, 0.4) is 0 Å². The fourth-order valence-corrected chi connectivity index (χ4v) is 3.63. The van der Waals surface area contributed by atoms with Crippen molar-refractivity contribution in [2.24, 2.45) is 16.5 Å². The number of amides is 1. The van der Waals surface area contributed by atoms with Crippen molar-refractivity contribution in [2.45, 2.75) is 18.9 Å². The number of nitrogens with two attached hydrogens (primary N) is 2. The minimum absolute atomic E-state index is 0.272. The molecular weight excluding hydrogens is 358 g/mol. The molecule has 1 aromatic carbocycles. The van der Waals surface area contributed by atoms with Gasteiger partial charge in [0.25, 0.3) is 5.91 Å². The monoisotopic (exact) mass is 385 g/mol. The van der Waals surface area contributed by atoms with Gasteiger partial charge in [-0.3, -0.25) is 9.79 Å². The van der Waals surface area contributed by atoms with E-state index in [1.807, 2.05) is 43.3 Å². The molecule has 0 spiro atoms. The number of nitrogens with zero attached hydrogens (tertiary/aromatic N) is 2. The summed E-state index contributed by atoms with van der Waals surface area (Å²) in [5, 5.41) is 3.48. The lowest BCUT2D eigenvalue weighted by Crippen LogP contribution is -2.28. The van der Waals surface area contributed by atoms with Gasteiger partial charge in [0.05, 0.1) is 11.2 Å². The quantitative estimate of drug-likeness (QED) is 0.517. The molecule has 0 bridgehead atoms. The summed E-state index contributed by atoms with van der Waals surface area (Å²) in [6, 6.07) is 7.69. The maximum absolute atomic E-state index is 12.4. The zero-order chi connectivity index (χ0) is 20.0. The second-order valence-electron chi connectivity index (χ2n) is 6.70. The van der Waals surface area contributed by atoms with Gasteiger partial charge in [-0.05, 0) is 43.2 Å². The van der Waals surface area contributed by atoms with Crippen LogP contribution in [0, 0.1) is 0 Å². The number of allylic oxidation sites excluding steroid dienone is 1. The van der Waals surface area contributed by atoms with Crippen molar-refractivity contribution in [3.63, 3.8) is 0 Å². The Kier molecular flexibility index (Phi) is 6.74. The molecule has 5 N–H and O–H groups in total. The molecule has 2 rings (SSSR count). The predicted octanol–water partition coefficient (Wildman–Crippen LogP) is 2.77. The van der Waals surface area contributed by atoms with Gasteiger partial charge in [-0.25, -0.2) is 0 Å². The minimum atomic E-state index is -0.375. The first-order chi connectivity index (χ1) is 12.7. The van der Waals surface area contributed by atoms with Gasteiger partial charge in [0.1, 0.15) is 0 Å². The molecule has 0 radical (unpaired) electrons. The first kappa shape index (κ1) is 20.6. The summed E-state index contributed by atoms with van der Waals surface area (Å²) in [5.74, 6) is 0.651. The topological polar surface area (TPSA) is 96.7 Å². The highest BCUT2D eigenvalue weighted by molar-refractivity contribution is 8.13. The average Bonchev–Trinajstić information content (AvgIpc) is 2.61. The van der Waals surface area contributed by atoms with Gasteiger partial charge in [0.2, 0.25) is 0 Å². The van der Waals surface area contributed by atoms with Crippen LogP contribution in [-0.2, 0) is 10.3 Å². The van der Waals surface area contributed by atoms with Gasteiger partial charge in [-0.2, -0.15) is 0 Å². The van der Waals surface area contributed by atoms with Crippen LogP contribution >= 0.6 is 11.8 Å². The van der Waals surface area contributed by atoms with E-state index in [0.717, 1.165) is 23.4 Å². The number of carbonyl (C=O) groups is 1. The predicted molar refractivity (Wildman–Crippen MR) is 115 cm³/mol. The van der Waals surface area contributed by atoms with Crippen LogP contribution in [0.5, 0.6) is 0 Å². The largest absolute Gasteiger partial charge is 0.403 e. The summed E-state index contributed by atoms with van der Waals surface area (Å²) in [6.07, 6.45) is 5.75. The van der Waals surface area contributed by atoms with Gasteiger partial charge in [0.15, 0.2) is 5.17 Å². The number of rotatable bonds is 6. The third-order valence-electron chi connectivity index (χ3n) is 4.37. The summed E-state index contributed by atoms with van der Waals surface area (Å²) >= 11 is 1.57. The average molecular weight is 386 g/mol. The third-order valence-corrected chi connectivity index (χ3v) is 5.17. The summed E-state index contributed by atoms with van der Waals surface area (Å²) in [7, 11) is 3.74. The first-order valence-corrected chi connectivity index (χ1v) is 9.60. The number of nitrogens with one attached hydrogen (secondary N) is 1. The number of hydrogen-bond acceptors (Lipinski definition) is 6. The molecular formula is C20H27N5OS. The highest BCUT2D eigenvalue weighted by Crippen LogP contribution is 2.35. The fourth-order valence-electron chi connectivity index (χ4n) is 2.65. The van der Waals surface area contributed by atoms with E-state index in [4.69, 9.17) is 11.5 Å². The molecule has 1 heterocycles.